The summed E-state index contributed by atoms with van der Waals surface area (Å²) in [6.07, 6.45) is 1.75. The number of nitrogens with zero attached hydrogens (tertiary/aromatic N) is 3. The van der Waals surface area contributed by atoms with Crippen molar-refractivity contribution >= 4 is 39.8 Å². The second-order valence-corrected chi connectivity index (χ2v) is 5.30. The SMILES string of the molecule is Nc1nnc(SCc2ccc(Cl)nc2)s1. The summed E-state index contributed by atoms with van der Waals surface area (Å²) in [5, 5.41) is 8.64. The number of nitrogen functional groups attached to an aromatic ring is 1. The number of hydrogen-bond donors (Lipinski definition) is 1. The molecule has 0 fully saturated rings. The van der Waals surface area contributed by atoms with Crippen molar-refractivity contribution in [1.29, 1.82) is 0 Å². The van der Waals surface area contributed by atoms with Gasteiger partial charge in [-0.1, -0.05) is 40.8 Å². The molecule has 0 atom stereocenters. The molecular weight excluding hydrogens is 252 g/mol. The summed E-state index contributed by atoms with van der Waals surface area (Å²) >= 11 is 8.64. The Kier molecular flexibility index (Phi) is 3.40. The molecule has 78 valence electrons. The van der Waals surface area contributed by atoms with Crippen LogP contribution in [-0.4, -0.2) is 15.2 Å². The molecule has 0 unspecified atom stereocenters. The molecule has 15 heavy (non-hydrogen) atoms. The average molecular weight is 259 g/mol. The van der Waals surface area contributed by atoms with Crippen LogP contribution in [0, 0.1) is 0 Å². The van der Waals surface area contributed by atoms with E-state index in [2.05, 4.69) is 15.2 Å². The van der Waals surface area contributed by atoms with E-state index >= 15 is 0 Å². The Hall–Kier alpha value is -0.850. The van der Waals surface area contributed by atoms with E-state index < -0.39 is 0 Å². The molecule has 2 aromatic heterocycles. The van der Waals surface area contributed by atoms with Crippen molar-refractivity contribution in [3.63, 3.8) is 0 Å². The third kappa shape index (κ3) is 3.05. The second-order valence-electron chi connectivity index (χ2n) is 2.68. The molecule has 4 nitrogen and oxygen atoms in total. The van der Waals surface area contributed by atoms with Crippen molar-refractivity contribution in [2.75, 3.05) is 5.73 Å². The lowest BCUT2D eigenvalue weighted by Crippen LogP contribution is -1.82. The Balaban J connectivity index is 1.96. The highest BCUT2D eigenvalue weighted by Gasteiger charge is 2.02. The molecule has 0 saturated heterocycles. The van der Waals surface area contributed by atoms with Crippen LogP contribution in [0.15, 0.2) is 22.7 Å². The van der Waals surface area contributed by atoms with E-state index in [1.807, 2.05) is 6.07 Å². The van der Waals surface area contributed by atoms with Gasteiger partial charge >= 0.3 is 0 Å². The molecule has 7 heteroatoms. The number of anilines is 1. The minimum absolute atomic E-state index is 0.492. The molecule has 0 saturated carbocycles. The Morgan fingerprint density at radius 3 is 2.87 bits per heavy atom. The van der Waals surface area contributed by atoms with Gasteiger partial charge in [-0.25, -0.2) is 4.98 Å². The highest BCUT2D eigenvalue weighted by molar-refractivity contribution is 8.00. The highest BCUT2D eigenvalue weighted by Crippen LogP contribution is 2.26. The van der Waals surface area contributed by atoms with Crippen LogP contribution >= 0.6 is 34.7 Å². The zero-order valence-electron chi connectivity index (χ0n) is 7.55. The minimum atomic E-state index is 0.492. The Bertz CT molecular complexity index is 442. The fraction of sp³-hybridized carbons (Fsp3) is 0.125. The molecule has 0 bridgehead atoms. The van der Waals surface area contributed by atoms with Crippen molar-refractivity contribution < 1.29 is 0 Å². The maximum atomic E-state index is 5.68. The van der Waals surface area contributed by atoms with Gasteiger partial charge in [0, 0.05) is 11.9 Å². The third-order valence-electron chi connectivity index (χ3n) is 1.57. The molecule has 2 rings (SSSR count). The van der Waals surface area contributed by atoms with Gasteiger partial charge in [-0.15, -0.1) is 10.2 Å². The largest absolute Gasteiger partial charge is 0.374 e. The molecule has 0 aliphatic rings. The van der Waals surface area contributed by atoms with E-state index in [0.29, 0.717) is 10.3 Å². The normalized spacial score (nSPS) is 10.5. The lowest BCUT2D eigenvalue weighted by atomic mass is 10.3. The Labute approximate surface area is 99.9 Å². The van der Waals surface area contributed by atoms with E-state index in [1.54, 1.807) is 24.0 Å². The van der Waals surface area contributed by atoms with Crippen molar-refractivity contribution in [2.45, 2.75) is 10.1 Å². The summed E-state index contributed by atoms with van der Waals surface area (Å²) in [4.78, 5) is 3.99. The molecule has 0 aliphatic carbocycles. The maximum Gasteiger partial charge on any atom is 0.203 e. The van der Waals surface area contributed by atoms with Gasteiger partial charge in [-0.05, 0) is 11.6 Å². The first-order valence-electron chi connectivity index (χ1n) is 4.06. The first-order chi connectivity index (χ1) is 7.24. The number of pyridine rings is 1. The quantitative estimate of drug-likeness (QED) is 0.677. The number of rotatable bonds is 3. The van der Waals surface area contributed by atoms with E-state index in [-0.39, 0.29) is 0 Å². The van der Waals surface area contributed by atoms with Crippen LogP contribution in [0.25, 0.3) is 0 Å². The van der Waals surface area contributed by atoms with Crippen molar-refractivity contribution in [2.24, 2.45) is 0 Å². The number of thioether (sulfide) groups is 1. The van der Waals surface area contributed by atoms with Crippen molar-refractivity contribution in [3.8, 4) is 0 Å². The molecular formula is C8H7ClN4S2. The highest BCUT2D eigenvalue weighted by atomic mass is 35.5. The third-order valence-corrected chi connectivity index (χ3v) is 3.75. The van der Waals surface area contributed by atoms with Gasteiger partial charge in [0.2, 0.25) is 5.13 Å². The summed E-state index contributed by atoms with van der Waals surface area (Å²) in [6, 6.07) is 3.71. The Morgan fingerprint density at radius 2 is 2.27 bits per heavy atom. The summed E-state index contributed by atoms with van der Waals surface area (Å²) in [5.41, 5.74) is 6.56. The van der Waals surface area contributed by atoms with Gasteiger partial charge in [0.05, 0.1) is 0 Å². The van der Waals surface area contributed by atoms with Crippen LogP contribution in [0.4, 0.5) is 5.13 Å². The topological polar surface area (TPSA) is 64.7 Å². The molecule has 2 N–H and O–H groups in total. The lowest BCUT2D eigenvalue weighted by molar-refractivity contribution is 1.02. The van der Waals surface area contributed by atoms with E-state index in [0.717, 1.165) is 15.7 Å². The minimum Gasteiger partial charge on any atom is -0.374 e. The first kappa shape index (κ1) is 10.7. The fourth-order valence-corrected chi connectivity index (χ4v) is 2.60. The van der Waals surface area contributed by atoms with Crippen molar-refractivity contribution in [1.82, 2.24) is 15.2 Å². The zero-order chi connectivity index (χ0) is 10.7. The van der Waals surface area contributed by atoms with Gasteiger partial charge in [0.1, 0.15) is 5.15 Å². The van der Waals surface area contributed by atoms with Crippen LogP contribution in [-0.2, 0) is 5.75 Å². The van der Waals surface area contributed by atoms with Gasteiger partial charge < -0.3 is 5.73 Å². The summed E-state index contributed by atoms with van der Waals surface area (Å²) in [7, 11) is 0. The van der Waals surface area contributed by atoms with Crippen LogP contribution < -0.4 is 5.73 Å². The summed E-state index contributed by atoms with van der Waals surface area (Å²) in [6.45, 7) is 0. The average Bonchev–Trinajstić information content (AvgIpc) is 2.64. The molecule has 2 heterocycles. The fourth-order valence-electron chi connectivity index (χ4n) is 0.916. The van der Waals surface area contributed by atoms with E-state index in [4.69, 9.17) is 17.3 Å². The van der Waals surface area contributed by atoms with E-state index in [9.17, 15) is 0 Å². The predicted molar refractivity (Wildman–Crippen MR) is 63.1 cm³/mol. The first-order valence-corrected chi connectivity index (χ1v) is 6.24. The molecule has 0 aliphatic heterocycles. The second kappa shape index (κ2) is 4.78. The number of nitrogens with two attached hydrogens (primary N) is 1. The molecule has 0 amide bonds. The van der Waals surface area contributed by atoms with Crippen LogP contribution in [0.2, 0.25) is 5.15 Å². The smallest absolute Gasteiger partial charge is 0.203 e. The number of hydrogen-bond acceptors (Lipinski definition) is 6. The van der Waals surface area contributed by atoms with Crippen LogP contribution in [0.3, 0.4) is 0 Å². The number of aromatic nitrogens is 3. The maximum absolute atomic E-state index is 5.68. The van der Waals surface area contributed by atoms with Gasteiger partial charge in [-0.3, -0.25) is 0 Å². The number of halogens is 1. The van der Waals surface area contributed by atoms with Gasteiger partial charge in [-0.2, -0.15) is 0 Å². The van der Waals surface area contributed by atoms with Gasteiger partial charge in [0.25, 0.3) is 0 Å². The standard InChI is InChI=1S/C8H7ClN4S2/c9-6-2-1-5(3-11-6)4-14-8-13-12-7(10)15-8/h1-3H,4H2,(H2,10,12). The molecule has 0 radical (unpaired) electrons. The van der Waals surface area contributed by atoms with Crippen LogP contribution in [0.5, 0.6) is 0 Å². The Morgan fingerprint density at radius 1 is 1.40 bits per heavy atom. The molecule has 2 aromatic rings. The zero-order valence-corrected chi connectivity index (χ0v) is 9.94. The lowest BCUT2D eigenvalue weighted by Gasteiger charge is -1.97. The molecule has 0 aromatic carbocycles. The van der Waals surface area contributed by atoms with Crippen LogP contribution in [0.1, 0.15) is 5.56 Å². The van der Waals surface area contributed by atoms with Crippen molar-refractivity contribution in [3.05, 3.63) is 29.0 Å². The van der Waals surface area contributed by atoms with Gasteiger partial charge in [0.15, 0.2) is 4.34 Å². The predicted octanol–water partition coefficient (Wildman–Crippen LogP) is 2.46. The van der Waals surface area contributed by atoms with E-state index in [1.165, 1.54) is 11.3 Å². The summed E-state index contributed by atoms with van der Waals surface area (Å²) in [5.74, 6) is 0.790. The summed E-state index contributed by atoms with van der Waals surface area (Å²) < 4.78 is 0.863. The monoisotopic (exact) mass is 258 g/mol. The molecule has 0 spiro atoms.